The third-order valence-electron chi connectivity index (χ3n) is 5.98. The van der Waals surface area contributed by atoms with Gasteiger partial charge in [0.05, 0.1) is 16.8 Å². The number of anilines is 1. The first-order chi connectivity index (χ1) is 16.4. The van der Waals surface area contributed by atoms with E-state index in [4.69, 9.17) is 4.42 Å². The van der Waals surface area contributed by atoms with Gasteiger partial charge in [0.15, 0.2) is 11.3 Å². The van der Waals surface area contributed by atoms with Gasteiger partial charge in [0.2, 0.25) is 0 Å². The van der Waals surface area contributed by atoms with Crippen LogP contribution in [0.15, 0.2) is 59.3 Å². The number of nitriles is 1. The summed E-state index contributed by atoms with van der Waals surface area (Å²) in [4.78, 5) is 24.3. The number of alkyl halides is 1. The lowest BCUT2D eigenvalue weighted by Crippen LogP contribution is -2.21. The van der Waals surface area contributed by atoms with Gasteiger partial charge < -0.3 is 14.2 Å². The molecule has 170 valence electrons. The smallest absolute Gasteiger partial charge is 0.254 e. The molecule has 34 heavy (non-hydrogen) atoms. The molecule has 0 bridgehead atoms. The van der Waals surface area contributed by atoms with Crippen molar-refractivity contribution in [3.63, 3.8) is 0 Å². The summed E-state index contributed by atoms with van der Waals surface area (Å²) in [5, 5.41) is 9.74. The van der Waals surface area contributed by atoms with Crippen molar-refractivity contribution in [2.24, 2.45) is 0 Å². The molecule has 1 fully saturated rings. The Hall–Kier alpha value is -4.25. The number of benzene rings is 1. The fraction of sp³-hybridized carbons (Fsp3) is 0.231. The van der Waals surface area contributed by atoms with Crippen molar-refractivity contribution < 1.29 is 13.6 Å². The van der Waals surface area contributed by atoms with Gasteiger partial charge in [0.25, 0.3) is 5.91 Å². The molecule has 0 saturated carbocycles. The predicted molar refractivity (Wildman–Crippen MR) is 127 cm³/mol. The first-order valence-corrected chi connectivity index (χ1v) is 10.9. The Morgan fingerprint density at radius 1 is 1.21 bits per heavy atom. The van der Waals surface area contributed by atoms with Gasteiger partial charge in [-0.05, 0) is 42.3 Å². The highest BCUT2D eigenvalue weighted by Gasteiger charge is 2.24. The molecular weight excluding hydrogens is 433 g/mol. The largest absolute Gasteiger partial charge is 0.452 e. The monoisotopic (exact) mass is 455 g/mol. The highest BCUT2D eigenvalue weighted by atomic mass is 19.1. The number of hydrogen-bond donors (Lipinski definition) is 0. The topological polar surface area (TPSA) is 86.3 Å². The molecule has 0 N–H and O–H groups in total. The zero-order valence-corrected chi connectivity index (χ0v) is 18.8. The third-order valence-corrected chi connectivity index (χ3v) is 5.98. The minimum atomic E-state index is -0.865. The second kappa shape index (κ2) is 8.60. The number of nitrogens with zero attached hydrogens (tertiary/aromatic N) is 5. The summed E-state index contributed by atoms with van der Waals surface area (Å²) in [6.45, 7) is 0.906. The van der Waals surface area contributed by atoms with Crippen molar-refractivity contribution in [3.8, 4) is 28.7 Å². The van der Waals surface area contributed by atoms with Gasteiger partial charge in [-0.3, -0.25) is 14.8 Å². The Balaban J connectivity index is 1.51. The van der Waals surface area contributed by atoms with Crippen LogP contribution in [0.1, 0.15) is 22.3 Å². The van der Waals surface area contributed by atoms with Crippen molar-refractivity contribution >= 4 is 22.7 Å². The van der Waals surface area contributed by atoms with E-state index in [2.05, 4.69) is 16.0 Å². The number of halogens is 1. The van der Waals surface area contributed by atoms with E-state index in [9.17, 15) is 14.4 Å². The minimum Gasteiger partial charge on any atom is -0.452 e. The van der Waals surface area contributed by atoms with Gasteiger partial charge >= 0.3 is 0 Å². The maximum Gasteiger partial charge on any atom is 0.254 e. The van der Waals surface area contributed by atoms with E-state index < -0.39 is 6.17 Å². The van der Waals surface area contributed by atoms with Crippen molar-refractivity contribution in [2.45, 2.75) is 12.6 Å². The zero-order valence-electron chi connectivity index (χ0n) is 18.8. The fourth-order valence-electron chi connectivity index (χ4n) is 4.22. The third kappa shape index (κ3) is 3.86. The molecule has 0 unspecified atom stereocenters. The standard InChI is InChI=1S/C26H22FN5O2/c1-31(2)26(33)17-3-5-21(30-14-17)24-12-22-25(34-24)20(7-9-29-22)16-4-6-23(18(11-16)13-28)32-10-8-19(27)15-32/h3-7,9,11-12,14,19H,8,10,15H2,1-2H3/t19-/m1/s1. The van der Waals surface area contributed by atoms with Crippen LogP contribution < -0.4 is 4.90 Å². The van der Waals surface area contributed by atoms with Crippen molar-refractivity contribution in [3.05, 3.63) is 66.0 Å². The lowest BCUT2D eigenvalue weighted by Gasteiger charge is -2.19. The molecule has 0 aliphatic carbocycles. The van der Waals surface area contributed by atoms with E-state index in [1.165, 1.54) is 11.1 Å². The van der Waals surface area contributed by atoms with Gasteiger partial charge in [-0.15, -0.1) is 0 Å². The molecule has 7 nitrogen and oxygen atoms in total. The summed E-state index contributed by atoms with van der Waals surface area (Å²) in [7, 11) is 3.38. The lowest BCUT2D eigenvalue weighted by molar-refractivity contribution is 0.0827. The Morgan fingerprint density at radius 3 is 2.74 bits per heavy atom. The van der Waals surface area contributed by atoms with E-state index in [-0.39, 0.29) is 5.91 Å². The van der Waals surface area contributed by atoms with E-state index in [1.54, 1.807) is 44.6 Å². The number of fused-ring (bicyclic) bond motifs is 1. The number of carbonyl (C=O) groups excluding carboxylic acids is 1. The molecule has 0 spiro atoms. The summed E-state index contributed by atoms with van der Waals surface area (Å²) in [6, 6.07) is 14.9. The molecule has 3 aromatic heterocycles. The van der Waals surface area contributed by atoms with Crippen LogP contribution in [0.3, 0.4) is 0 Å². The zero-order chi connectivity index (χ0) is 23.8. The van der Waals surface area contributed by atoms with Crippen LogP contribution in [-0.4, -0.2) is 54.1 Å². The number of rotatable bonds is 4. The molecule has 1 saturated heterocycles. The first-order valence-electron chi connectivity index (χ1n) is 10.9. The number of aromatic nitrogens is 2. The maximum atomic E-state index is 13.7. The van der Waals surface area contributed by atoms with Crippen LogP contribution in [0.2, 0.25) is 0 Å². The average molecular weight is 455 g/mol. The number of hydrogen-bond acceptors (Lipinski definition) is 6. The average Bonchev–Trinajstić information content (AvgIpc) is 3.49. The molecule has 1 aromatic carbocycles. The summed E-state index contributed by atoms with van der Waals surface area (Å²) in [5.41, 5.74) is 5.15. The molecule has 0 radical (unpaired) electrons. The number of carbonyl (C=O) groups is 1. The summed E-state index contributed by atoms with van der Waals surface area (Å²) >= 11 is 0. The summed E-state index contributed by atoms with van der Waals surface area (Å²) < 4.78 is 19.8. The van der Waals surface area contributed by atoms with Crippen LogP contribution in [0, 0.1) is 11.3 Å². The van der Waals surface area contributed by atoms with Gasteiger partial charge in [-0.1, -0.05) is 6.07 Å². The highest BCUT2D eigenvalue weighted by molar-refractivity contribution is 5.94. The summed E-state index contributed by atoms with van der Waals surface area (Å²) in [5.74, 6) is 0.405. The second-order valence-corrected chi connectivity index (χ2v) is 8.49. The normalized spacial score (nSPS) is 15.5. The van der Waals surface area contributed by atoms with Crippen LogP contribution in [0.5, 0.6) is 0 Å². The molecule has 5 rings (SSSR count). The molecule has 1 aliphatic rings. The summed E-state index contributed by atoms with van der Waals surface area (Å²) in [6.07, 6.45) is 2.83. The van der Waals surface area contributed by atoms with Crippen molar-refractivity contribution in [1.82, 2.24) is 14.9 Å². The van der Waals surface area contributed by atoms with Gasteiger partial charge in [-0.25, -0.2) is 4.39 Å². The SMILES string of the molecule is CN(C)C(=O)c1ccc(-c2cc3nccc(-c4ccc(N5CC[C@@H](F)C5)c(C#N)c4)c3o2)nc1. The van der Waals surface area contributed by atoms with Gasteiger partial charge in [0, 0.05) is 51.2 Å². The van der Waals surface area contributed by atoms with Crippen LogP contribution >= 0.6 is 0 Å². The predicted octanol–water partition coefficient (Wildman–Crippen LogP) is 4.68. The van der Waals surface area contributed by atoms with Crippen molar-refractivity contribution in [1.29, 1.82) is 5.26 Å². The van der Waals surface area contributed by atoms with E-state index in [0.717, 1.165) is 16.8 Å². The minimum absolute atomic E-state index is 0.125. The molecule has 4 aromatic rings. The van der Waals surface area contributed by atoms with Crippen LogP contribution in [-0.2, 0) is 0 Å². The Kier molecular flexibility index (Phi) is 5.46. The second-order valence-electron chi connectivity index (χ2n) is 8.49. The van der Waals surface area contributed by atoms with E-state index in [0.29, 0.717) is 53.2 Å². The van der Waals surface area contributed by atoms with Crippen LogP contribution in [0.4, 0.5) is 10.1 Å². The van der Waals surface area contributed by atoms with E-state index >= 15 is 0 Å². The lowest BCUT2D eigenvalue weighted by atomic mass is 10.0. The van der Waals surface area contributed by atoms with Gasteiger partial charge in [0.1, 0.15) is 23.5 Å². The van der Waals surface area contributed by atoms with E-state index in [1.807, 2.05) is 23.1 Å². The molecule has 1 amide bonds. The first kappa shape index (κ1) is 21.6. The fourth-order valence-corrected chi connectivity index (χ4v) is 4.22. The molecule has 8 heteroatoms. The number of amides is 1. The Labute approximate surface area is 196 Å². The number of furan rings is 1. The Bertz CT molecular complexity index is 1420. The Morgan fingerprint density at radius 2 is 2.06 bits per heavy atom. The van der Waals surface area contributed by atoms with Crippen LogP contribution in [0.25, 0.3) is 33.7 Å². The number of pyridine rings is 2. The van der Waals surface area contributed by atoms with Gasteiger partial charge in [-0.2, -0.15) is 5.26 Å². The molecule has 1 aliphatic heterocycles. The van der Waals surface area contributed by atoms with Crippen molar-refractivity contribution in [2.75, 3.05) is 32.1 Å². The maximum absolute atomic E-state index is 13.7. The molecular formula is C26H22FN5O2. The highest BCUT2D eigenvalue weighted by Crippen LogP contribution is 2.35. The molecule has 4 heterocycles. The molecule has 1 atom stereocenters. The quantitative estimate of drug-likeness (QED) is 0.444.